The van der Waals surface area contributed by atoms with Gasteiger partial charge in [0.05, 0.1) is 5.92 Å². The highest BCUT2D eigenvalue weighted by atomic mass is 16.1. The Morgan fingerprint density at radius 1 is 0.923 bits per heavy atom. The summed E-state index contributed by atoms with van der Waals surface area (Å²) in [4.78, 5) is 20.5. The Hall–Kier alpha value is -0.660. The van der Waals surface area contributed by atoms with E-state index in [0.717, 1.165) is 38.3 Å². The number of hydrogen-bond donors (Lipinski definition) is 0. The van der Waals surface area contributed by atoms with Crippen molar-refractivity contribution in [2.45, 2.75) is 44.9 Å². The molecule has 0 aromatic rings. The maximum absolute atomic E-state index is 10.3. The first-order valence-corrected chi connectivity index (χ1v) is 5.05. The van der Waals surface area contributed by atoms with Gasteiger partial charge < -0.3 is 9.59 Å². The largest absolute Gasteiger partial charge is 0.303 e. The molecule has 0 aromatic heterocycles. The molecule has 2 nitrogen and oxygen atoms in total. The molecule has 0 amide bonds. The minimum atomic E-state index is -0.368. The fourth-order valence-corrected chi connectivity index (χ4v) is 1.26. The topological polar surface area (TPSA) is 34.1 Å². The van der Waals surface area contributed by atoms with Crippen molar-refractivity contribution < 1.29 is 9.59 Å². The summed E-state index contributed by atoms with van der Waals surface area (Å²) in [7, 11) is 0. The first-order valence-electron chi connectivity index (χ1n) is 5.05. The average Bonchev–Trinajstić information content (AvgIpc) is 2.17. The number of unbranched alkanes of at least 4 members (excludes halogenated alkanes) is 5. The normalized spacial score (nSPS) is 10.3. The highest BCUT2D eigenvalue weighted by Crippen LogP contribution is 2.09. The van der Waals surface area contributed by atoms with E-state index in [-0.39, 0.29) is 5.92 Å². The van der Waals surface area contributed by atoms with E-state index >= 15 is 0 Å². The van der Waals surface area contributed by atoms with Crippen molar-refractivity contribution in [2.24, 2.45) is 5.92 Å². The lowest BCUT2D eigenvalue weighted by Crippen LogP contribution is -2.02. The SMILES string of the molecule is [CH2]CCCCCCCC(C=O)C=O. The van der Waals surface area contributed by atoms with E-state index < -0.39 is 0 Å². The smallest absolute Gasteiger partial charge is 0.130 e. The minimum Gasteiger partial charge on any atom is -0.303 e. The van der Waals surface area contributed by atoms with Crippen LogP contribution in [0.25, 0.3) is 0 Å². The number of aldehydes is 2. The van der Waals surface area contributed by atoms with Crippen molar-refractivity contribution in [3.63, 3.8) is 0 Å². The lowest BCUT2D eigenvalue weighted by molar-refractivity contribution is -0.119. The highest BCUT2D eigenvalue weighted by molar-refractivity contribution is 5.77. The van der Waals surface area contributed by atoms with E-state index in [2.05, 4.69) is 6.92 Å². The fraction of sp³-hybridized carbons (Fsp3) is 0.727. The van der Waals surface area contributed by atoms with Gasteiger partial charge in [0.1, 0.15) is 12.6 Å². The zero-order valence-electron chi connectivity index (χ0n) is 8.21. The number of carbonyl (C=O) groups excluding carboxylic acids is 2. The molecule has 0 saturated carbocycles. The van der Waals surface area contributed by atoms with Gasteiger partial charge in [0.2, 0.25) is 0 Å². The van der Waals surface area contributed by atoms with Crippen LogP contribution in [0.1, 0.15) is 44.9 Å². The summed E-state index contributed by atoms with van der Waals surface area (Å²) >= 11 is 0. The van der Waals surface area contributed by atoms with Crippen LogP contribution < -0.4 is 0 Å². The summed E-state index contributed by atoms with van der Waals surface area (Å²) in [5.74, 6) is -0.368. The van der Waals surface area contributed by atoms with E-state index in [4.69, 9.17) is 0 Å². The molecular formula is C11H19O2. The molecule has 2 heteroatoms. The van der Waals surface area contributed by atoms with E-state index in [1.807, 2.05) is 0 Å². The van der Waals surface area contributed by atoms with Crippen molar-refractivity contribution >= 4 is 12.6 Å². The second-order valence-corrected chi connectivity index (χ2v) is 3.35. The van der Waals surface area contributed by atoms with E-state index in [1.54, 1.807) is 0 Å². The molecule has 1 radical (unpaired) electrons. The predicted molar refractivity (Wildman–Crippen MR) is 53.3 cm³/mol. The molecule has 0 fully saturated rings. The average molecular weight is 183 g/mol. The summed E-state index contributed by atoms with van der Waals surface area (Å²) in [5, 5.41) is 0. The molecule has 0 atom stereocenters. The van der Waals surface area contributed by atoms with Crippen LogP contribution in [0, 0.1) is 12.8 Å². The Morgan fingerprint density at radius 3 is 2.00 bits per heavy atom. The highest BCUT2D eigenvalue weighted by Gasteiger charge is 2.03. The predicted octanol–water partition coefficient (Wildman–Crippen LogP) is 2.57. The maximum Gasteiger partial charge on any atom is 0.130 e. The monoisotopic (exact) mass is 183 g/mol. The van der Waals surface area contributed by atoms with E-state index in [1.165, 1.54) is 19.3 Å². The molecule has 0 aliphatic heterocycles. The molecule has 0 saturated heterocycles. The van der Waals surface area contributed by atoms with Crippen molar-refractivity contribution in [1.29, 1.82) is 0 Å². The summed E-state index contributed by atoms with van der Waals surface area (Å²) in [5.41, 5.74) is 0. The Labute approximate surface area is 80.7 Å². The number of rotatable bonds is 9. The molecule has 0 heterocycles. The number of hydrogen-bond acceptors (Lipinski definition) is 2. The van der Waals surface area contributed by atoms with Gasteiger partial charge in [-0.05, 0) is 6.42 Å². The van der Waals surface area contributed by atoms with Crippen molar-refractivity contribution in [3.8, 4) is 0 Å². The summed E-state index contributed by atoms with van der Waals surface area (Å²) < 4.78 is 0. The summed E-state index contributed by atoms with van der Waals surface area (Å²) in [6.45, 7) is 3.77. The van der Waals surface area contributed by atoms with Crippen molar-refractivity contribution in [1.82, 2.24) is 0 Å². The maximum atomic E-state index is 10.3. The lowest BCUT2D eigenvalue weighted by atomic mass is 10.0. The van der Waals surface area contributed by atoms with Gasteiger partial charge in [-0.2, -0.15) is 0 Å². The van der Waals surface area contributed by atoms with Crippen LogP contribution in [0.4, 0.5) is 0 Å². The molecule has 0 N–H and O–H groups in total. The van der Waals surface area contributed by atoms with Crippen molar-refractivity contribution in [2.75, 3.05) is 0 Å². The molecule has 0 bridgehead atoms. The third-order valence-corrected chi connectivity index (χ3v) is 2.14. The fourth-order valence-electron chi connectivity index (χ4n) is 1.26. The van der Waals surface area contributed by atoms with Gasteiger partial charge in [0.25, 0.3) is 0 Å². The Kier molecular flexibility index (Phi) is 8.95. The van der Waals surface area contributed by atoms with Gasteiger partial charge in [-0.15, -0.1) is 0 Å². The Morgan fingerprint density at radius 2 is 1.46 bits per heavy atom. The summed E-state index contributed by atoms with van der Waals surface area (Å²) in [6, 6.07) is 0. The standard InChI is InChI=1S/C11H19O2/c1-2-3-4-5-6-7-8-11(9-12)10-13/h9-11H,1-8H2. The van der Waals surface area contributed by atoms with Gasteiger partial charge in [-0.3, -0.25) is 0 Å². The molecule has 0 aromatic carbocycles. The van der Waals surface area contributed by atoms with Crippen LogP contribution in [-0.2, 0) is 9.59 Å². The van der Waals surface area contributed by atoms with Crippen LogP contribution >= 0.6 is 0 Å². The molecule has 0 aliphatic rings. The number of carbonyl (C=O) groups is 2. The lowest BCUT2D eigenvalue weighted by Gasteiger charge is -2.01. The zero-order chi connectivity index (χ0) is 9.94. The molecule has 0 unspecified atom stereocenters. The van der Waals surface area contributed by atoms with Crippen molar-refractivity contribution in [3.05, 3.63) is 6.92 Å². The zero-order valence-corrected chi connectivity index (χ0v) is 8.21. The minimum absolute atomic E-state index is 0.368. The first kappa shape index (κ1) is 12.3. The summed E-state index contributed by atoms with van der Waals surface area (Å²) in [6.07, 6.45) is 8.91. The van der Waals surface area contributed by atoms with Crippen LogP contribution in [0.5, 0.6) is 0 Å². The van der Waals surface area contributed by atoms with E-state index in [0.29, 0.717) is 0 Å². The van der Waals surface area contributed by atoms with Gasteiger partial charge in [0.15, 0.2) is 0 Å². The van der Waals surface area contributed by atoms with Gasteiger partial charge in [-0.1, -0.05) is 45.4 Å². The molecule has 13 heavy (non-hydrogen) atoms. The van der Waals surface area contributed by atoms with Crippen LogP contribution in [0.15, 0.2) is 0 Å². The second kappa shape index (κ2) is 9.43. The molecule has 0 rings (SSSR count). The quantitative estimate of drug-likeness (QED) is 0.313. The van der Waals surface area contributed by atoms with E-state index in [9.17, 15) is 9.59 Å². The first-order chi connectivity index (χ1) is 6.35. The van der Waals surface area contributed by atoms with Gasteiger partial charge in [-0.25, -0.2) is 0 Å². The third kappa shape index (κ3) is 7.69. The third-order valence-electron chi connectivity index (χ3n) is 2.14. The van der Waals surface area contributed by atoms with Gasteiger partial charge >= 0.3 is 0 Å². The second-order valence-electron chi connectivity index (χ2n) is 3.35. The van der Waals surface area contributed by atoms with Crippen LogP contribution in [0.3, 0.4) is 0 Å². The molecule has 0 spiro atoms. The molecule has 0 aliphatic carbocycles. The van der Waals surface area contributed by atoms with Crippen LogP contribution in [0.2, 0.25) is 0 Å². The Balaban J connectivity index is 3.14. The molecule has 75 valence electrons. The van der Waals surface area contributed by atoms with Gasteiger partial charge in [0, 0.05) is 0 Å². The molecular weight excluding hydrogens is 164 g/mol. The Bertz CT molecular complexity index is 124. The van der Waals surface area contributed by atoms with Crippen LogP contribution in [-0.4, -0.2) is 12.6 Å².